The molecule has 0 amide bonds. The van der Waals surface area contributed by atoms with E-state index >= 15 is 0 Å². The zero-order valence-corrected chi connectivity index (χ0v) is 10.3. The van der Waals surface area contributed by atoms with Crippen LogP contribution < -0.4 is 0 Å². The first kappa shape index (κ1) is 11.7. The minimum absolute atomic E-state index is 0.706. The molecule has 1 aromatic rings. The summed E-state index contributed by atoms with van der Waals surface area (Å²) >= 11 is 3.53. The summed E-state index contributed by atoms with van der Waals surface area (Å²) in [6.07, 6.45) is 3.00. The van der Waals surface area contributed by atoms with Crippen molar-refractivity contribution in [2.45, 2.75) is 20.3 Å². The van der Waals surface area contributed by atoms with Gasteiger partial charge < -0.3 is 0 Å². The van der Waals surface area contributed by atoms with Gasteiger partial charge in [0.15, 0.2) is 0 Å². The molecular weight excluding hydrogens is 212 g/mol. The normalized spacial score (nSPS) is 16.9. The molecule has 1 aliphatic rings. The summed E-state index contributed by atoms with van der Waals surface area (Å²) < 4.78 is 0. The molecule has 14 heavy (non-hydrogen) atoms. The SMILES string of the molecule is CCC(C)C1=NCCS1.c1cscn1. The molecule has 0 saturated carbocycles. The number of hydrogen-bond acceptors (Lipinski definition) is 4. The summed E-state index contributed by atoms with van der Waals surface area (Å²) in [4.78, 5) is 8.13. The molecule has 1 aliphatic heterocycles. The average molecular weight is 228 g/mol. The maximum Gasteiger partial charge on any atom is 0.0791 e. The van der Waals surface area contributed by atoms with Crippen LogP contribution in [-0.4, -0.2) is 22.3 Å². The van der Waals surface area contributed by atoms with Gasteiger partial charge in [-0.2, -0.15) is 0 Å². The number of aliphatic imine (C=N–C) groups is 1. The smallest absolute Gasteiger partial charge is 0.0791 e. The van der Waals surface area contributed by atoms with E-state index in [9.17, 15) is 0 Å². The molecule has 2 rings (SSSR count). The van der Waals surface area contributed by atoms with Gasteiger partial charge in [-0.05, 0) is 6.42 Å². The fraction of sp³-hybridized carbons (Fsp3) is 0.600. The van der Waals surface area contributed by atoms with Crippen LogP contribution in [0.15, 0.2) is 22.1 Å². The molecular formula is C10H16N2S2. The van der Waals surface area contributed by atoms with E-state index in [0.29, 0.717) is 5.92 Å². The van der Waals surface area contributed by atoms with Crippen molar-refractivity contribution in [2.75, 3.05) is 12.3 Å². The van der Waals surface area contributed by atoms with Crippen molar-refractivity contribution in [1.82, 2.24) is 4.98 Å². The third-order valence-electron chi connectivity index (χ3n) is 1.99. The van der Waals surface area contributed by atoms with Crippen molar-refractivity contribution in [2.24, 2.45) is 10.9 Å². The zero-order valence-electron chi connectivity index (χ0n) is 8.64. The summed E-state index contributed by atoms with van der Waals surface area (Å²) in [5.74, 6) is 1.91. The first-order valence-corrected chi connectivity index (χ1v) is 6.76. The van der Waals surface area contributed by atoms with E-state index in [0.717, 1.165) is 6.54 Å². The number of nitrogens with zero attached hydrogens (tertiary/aromatic N) is 2. The Morgan fingerprint density at radius 3 is 2.79 bits per heavy atom. The lowest BCUT2D eigenvalue weighted by Crippen LogP contribution is -2.02. The largest absolute Gasteiger partial charge is 0.282 e. The highest BCUT2D eigenvalue weighted by Crippen LogP contribution is 2.20. The minimum atomic E-state index is 0.706. The average Bonchev–Trinajstić information content (AvgIpc) is 2.91. The van der Waals surface area contributed by atoms with Gasteiger partial charge in [-0.25, -0.2) is 0 Å². The molecule has 1 atom stereocenters. The minimum Gasteiger partial charge on any atom is -0.282 e. The Morgan fingerprint density at radius 2 is 2.43 bits per heavy atom. The lowest BCUT2D eigenvalue weighted by Gasteiger charge is -2.04. The van der Waals surface area contributed by atoms with Gasteiger partial charge >= 0.3 is 0 Å². The first-order valence-electron chi connectivity index (χ1n) is 4.84. The van der Waals surface area contributed by atoms with Gasteiger partial charge in [-0.1, -0.05) is 13.8 Å². The quantitative estimate of drug-likeness (QED) is 0.776. The third kappa shape index (κ3) is 4.24. The second kappa shape index (κ2) is 7.01. The lowest BCUT2D eigenvalue weighted by atomic mass is 10.1. The van der Waals surface area contributed by atoms with E-state index in [2.05, 4.69) is 23.8 Å². The molecule has 0 saturated heterocycles. The molecule has 2 heterocycles. The molecule has 0 radical (unpaired) electrons. The molecule has 2 nitrogen and oxygen atoms in total. The molecule has 0 aromatic carbocycles. The summed E-state index contributed by atoms with van der Waals surface area (Å²) in [6.45, 7) is 5.51. The summed E-state index contributed by atoms with van der Waals surface area (Å²) in [6, 6.07) is 0. The number of rotatable bonds is 2. The van der Waals surface area contributed by atoms with E-state index in [1.54, 1.807) is 23.0 Å². The van der Waals surface area contributed by atoms with Crippen molar-refractivity contribution in [3.8, 4) is 0 Å². The van der Waals surface area contributed by atoms with Crippen molar-refractivity contribution >= 4 is 28.1 Å². The van der Waals surface area contributed by atoms with Crippen LogP contribution >= 0.6 is 23.1 Å². The van der Waals surface area contributed by atoms with Crippen LogP contribution in [0.3, 0.4) is 0 Å². The standard InChI is InChI=1S/C7H13NS.C3H3NS/c1-3-6(2)7-8-4-5-9-7;1-2-5-3-4-1/h6H,3-5H2,1-2H3;1-3H. The van der Waals surface area contributed by atoms with Crippen LogP contribution in [0.5, 0.6) is 0 Å². The van der Waals surface area contributed by atoms with Crippen LogP contribution in [0.1, 0.15) is 20.3 Å². The molecule has 1 aromatic heterocycles. The Morgan fingerprint density at radius 1 is 1.57 bits per heavy atom. The van der Waals surface area contributed by atoms with Crippen molar-refractivity contribution in [3.63, 3.8) is 0 Å². The summed E-state index contributed by atoms with van der Waals surface area (Å²) in [7, 11) is 0. The van der Waals surface area contributed by atoms with Gasteiger partial charge in [0.25, 0.3) is 0 Å². The number of aromatic nitrogens is 1. The van der Waals surface area contributed by atoms with E-state index in [1.807, 2.05) is 17.1 Å². The zero-order chi connectivity index (χ0) is 10.2. The molecule has 78 valence electrons. The van der Waals surface area contributed by atoms with Crippen LogP contribution in [0.25, 0.3) is 0 Å². The van der Waals surface area contributed by atoms with Gasteiger partial charge in [0.05, 0.1) is 10.6 Å². The molecule has 0 bridgehead atoms. The Bertz CT molecular complexity index is 240. The number of thiazole rings is 1. The van der Waals surface area contributed by atoms with Gasteiger partial charge in [0, 0.05) is 29.8 Å². The second-order valence-corrected chi connectivity index (χ2v) is 4.92. The highest BCUT2D eigenvalue weighted by Gasteiger charge is 2.12. The summed E-state index contributed by atoms with van der Waals surface area (Å²) in [5, 5.41) is 3.30. The fourth-order valence-electron chi connectivity index (χ4n) is 1.00. The molecule has 0 aliphatic carbocycles. The van der Waals surface area contributed by atoms with Crippen LogP contribution in [-0.2, 0) is 0 Å². The molecule has 1 unspecified atom stereocenters. The third-order valence-corrected chi connectivity index (χ3v) is 3.73. The Balaban J connectivity index is 0.000000165. The molecule has 0 N–H and O–H groups in total. The van der Waals surface area contributed by atoms with Crippen molar-refractivity contribution in [3.05, 3.63) is 17.1 Å². The van der Waals surface area contributed by atoms with E-state index < -0.39 is 0 Å². The fourth-order valence-corrected chi connectivity index (χ4v) is 2.38. The molecule has 4 heteroatoms. The Labute approximate surface area is 93.9 Å². The van der Waals surface area contributed by atoms with Gasteiger partial charge in [0.1, 0.15) is 0 Å². The maximum atomic E-state index is 4.39. The predicted molar refractivity (Wildman–Crippen MR) is 66.3 cm³/mol. The van der Waals surface area contributed by atoms with Gasteiger partial charge in [-0.15, -0.1) is 23.1 Å². The van der Waals surface area contributed by atoms with E-state index in [4.69, 9.17) is 0 Å². The number of hydrogen-bond donors (Lipinski definition) is 0. The maximum absolute atomic E-state index is 4.39. The van der Waals surface area contributed by atoms with Gasteiger partial charge in [0.2, 0.25) is 0 Å². The van der Waals surface area contributed by atoms with Crippen molar-refractivity contribution < 1.29 is 0 Å². The Hall–Kier alpha value is -0.350. The monoisotopic (exact) mass is 228 g/mol. The van der Waals surface area contributed by atoms with E-state index in [-0.39, 0.29) is 0 Å². The van der Waals surface area contributed by atoms with Crippen LogP contribution in [0.2, 0.25) is 0 Å². The molecule has 0 fully saturated rings. The highest BCUT2D eigenvalue weighted by molar-refractivity contribution is 8.14. The van der Waals surface area contributed by atoms with Crippen molar-refractivity contribution in [1.29, 1.82) is 0 Å². The van der Waals surface area contributed by atoms with E-state index in [1.165, 1.54) is 17.2 Å². The van der Waals surface area contributed by atoms with Gasteiger partial charge in [-0.3, -0.25) is 9.98 Å². The van der Waals surface area contributed by atoms with Crippen LogP contribution in [0, 0.1) is 5.92 Å². The molecule has 0 spiro atoms. The summed E-state index contributed by atoms with van der Waals surface area (Å²) in [5.41, 5.74) is 1.79. The lowest BCUT2D eigenvalue weighted by molar-refractivity contribution is 0.748. The first-order chi connectivity index (χ1) is 6.84. The predicted octanol–water partition coefficient (Wildman–Crippen LogP) is 3.32. The Kier molecular flexibility index (Phi) is 5.87. The second-order valence-electron chi connectivity index (χ2n) is 3.05. The van der Waals surface area contributed by atoms with Crippen LogP contribution in [0.4, 0.5) is 0 Å². The highest BCUT2D eigenvalue weighted by atomic mass is 32.2. The topological polar surface area (TPSA) is 25.2 Å². The number of thioether (sulfide) groups is 1.